The van der Waals surface area contributed by atoms with Crippen molar-refractivity contribution in [3.63, 3.8) is 0 Å². The van der Waals surface area contributed by atoms with Crippen LogP contribution in [-0.2, 0) is 6.54 Å². The highest BCUT2D eigenvalue weighted by atomic mass is 16.5. The van der Waals surface area contributed by atoms with Crippen LogP contribution in [0.5, 0.6) is 5.75 Å². The van der Waals surface area contributed by atoms with E-state index in [0.29, 0.717) is 29.4 Å². The number of pyridine rings is 1. The van der Waals surface area contributed by atoms with Gasteiger partial charge >= 0.3 is 0 Å². The Morgan fingerprint density at radius 3 is 2.41 bits per heavy atom. The number of nitrogens with zero attached hydrogens (tertiary/aromatic N) is 1. The van der Waals surface area contributed by atoms with Crippen molar-refractivity contribution in [3.8, 4) is 5.75 Å². The van der Waals surface area contributed by atoms with Crippen LogP contribution in [0.3, 0.4) is 0 Å². The van der Waals surface area contributed by atoms with Crippen molar-refractivity contribution in [3.05, 3.63) is 76.3 Å². The first-order valence-corrected chi connectivity index (χ1v) is 9.40. The number of para-hydroxylation sites is 1. The monoisotopic (exact) mass is 390 g/mol. The molecule has 6 heteroatoms. The first-order chi connectivity index (χ1) is 13.9. The summed E-state index contributed by atoms with van der Waals surface area (Å²) in [6.07, 6.45) is 0. The summed E-state index contributed by atoms with van der Waals surface area (Å²) in [4.78, 5) is 16.9. The molecular weight excluding hydrogens is 364 g/mol. The van der Waals surface area contributed by atoms with Gasteiger partial charge in [-0.15, -0.1) is 0 Å². The Morgan fingerprint density at radius 1 is 1.07 bits per heavy atom. The summed E-state index contributed by atoms with van der Waals surface area (Å²) >= 11 is 0. The number of nitrogens with two attached hydrogens (primary N) is 1. The highest BCUT2D eigenvalue weighted by molar-refractivity contribution is 6.07. The molecule has 4 N–H and O–H groups in total. The number of carbonyl (C=O) groups is 1. The summed E-state index contributed by atoms with van der Waals surface area (Å²) in [5.74, 6) is 1.09. The van der Waals surface area contributed by atoms with Crippen LogP contribution in [0.2, 0.25) is 0 Å². The molecule has 2 aromatic carbocycles. The third kappa shape index (κ3) is 4.66. The molecule has 1 amide bonds. The number of aryl methyl sites for hydroxylation is 3. The van der Waals surface area contributed by atoms with Crippen LogP contribution in [0, 0.1) is 20.8 Å². The van der Waals surface area contributed by atoms with E-state index >= 15 is 0 Å². The zero-order valence-electron chi connectivity index (χ0n) is 17.2. The van der Waals surface area contributed by atoms with Crippen LogP contribution < -0.4 is 21.1 Å². The van der Waals surface area contributed by atoms with Crippen molar-refractivity contribution in [2.45, 2.75) is 27.3 Å². The van der Waals surface area contributed by atoms with E-state index in [-0.39, 0.29) is 11.7 Å². The Bertz CT molecular complexity index is 1020. The molecule has 0 fully saturated rings. The number of methoxy groups -OCH3 is 1. The van der Waals surface area contributed by atoms with Crippen LogP contribution in [0.15, 0.2) is 48.5 Å². The molecule has 1 heterocycles. The SMILES string of the molecule is COc1ccccc1C(=O)Nc1ccc(NCc2c(C)cc(C)cc2C)nc1N. The number of hydrogen-bond donors (Lipinski definition) is 3. The van der Waals surface area contributed by atoms with Crippen LogP contribution in [-0.4, -0.2) is 18.0 Å². The van der Waals surface area contributed by atoms with Gasteiger partial charge < -0.3 is 21.1 Å². The molecule has 0 spiro atoms. The highest BCUT2D eigenvalue weighted by Gasteiger charge is 2.14. The van der Waals surface area contributed by atoms with E-state index < -0.39 is 0 Å². The molecule has 0 saturated carbocycles. The molecule has 6 nitrogen and oxygen atoms in total. The summed E-state index contributed by atoms with van der Waals surface area (Å²) in [6, 6.07) is 14.9. The van der Waals surface area contributed by atoms with Crippen LogP contribution in [0.1, 0.15) is 32.6 Å². The molecule has 0 atom stereocenters. The topological polar surface area (TPSA) is 89.3 Å². The lowest BCUT2D eigenvalue weighted by atomic mass is 10.00. The van der Waals surface area contributed by atoms with Gasteiger partial charge in [-0.1, -0.05) is 29.8 Å². The molecule has 1 aromatic heterocycles. The fourth-order valence-corrected chi connectivity index (χ4v) is 3.37. The summed E-state index contributed by atoms with van der Waals surface area (Å²) < 4.78 is 5.24. The first kappa shape index (κ1) is 20.2. The van der Waals surface area contributed by atoms with Gasteiger partial charge in [0.1, 0.15) is 17.4 Å². The molecule has 0 aliphatic carbocycles. The number of rotatable bonds is 6. The predicted molar refractivity (Wildman–Crippen MR) is 118 cm³/mol. The molecule has 3 rings (SSSR count). The number of nitrogens with one attached hydrogen (secondary N) is 2. The Balaban J connectivity index is 1.71. The fraction of sp³-hybridized carbons (Fsp3) is 0.217. The maximum absolute atomic E-state index is 12.6. The quantitative estimate of drug-likeness (QED) is 0.578. The number of hydrogen-bond acceptors (Lipinski definition) is 5. The van der Waals surface area contributed by atoms with Gasteiger partial charge in [-0.05, 0) is 61.7 Å². The number of benzene rings is 2. The lowest BCUT2D eigenvalue weighted by Crippen LogP contribution is -2.15. The minimum atomic E-state index is -0.303. The maximum Gasteiger partial charge on any atom is 0.259 e. The van der Waals surface area contributed by atoms with Gasteiger partial charge in [0, 0.05) is 6.54 Å². The Hall–Kier alpha value is -3.54. The van der Waals surface area contributed by atoms with Crippen molar-refractivity contribution >= 4 is 23.2 Å². The standard InChI is InChI=1S/C23H26N4O2/c1-14-11-15(2)18(16(3)12-14)13-25-21-10-9-19(22(24)27-21)26-23(28)17-7-5-6-8-20(17)29-4/h5-12H,13H2,1-4H3,(H,26,28)(H3,24,25,27). The van der Waals surface area contributed by atoms with E-state index in [1.54, 1.807) is 30.3 Å². The third-order valence-corrected chi connectivity index (χ3v) is 4.81. The van der Waals surface area contributed by atoms with Crippen LogP contribution >= 0.6 is 0 Å². The van der Waals surface area contributed by atoms with E-state index in [9.17, 15) is 4.79 Å². The van der Waals surface area contributed by atoms with E-state index in [0.717, 1.165) is 0 Å². The average Bonchev–Trinajstić information content (AvgIpc) is 2.69. The number of aromatic nitrogens is 1. The Labute approximate surface area is 171 Å². The fourth-order valence-electron chi connectivity index (χ4n) is 3.37. The number of amides is 1. The van der Waals surface area contributed by atoms with Crippen LogP contribution in [0.25, 0.3) is 0 Å². The zero-order chi connectivity index (χ0) is 21.0. The molecule has 0 bridgehead atoms. The smallest absolute Gasteiger partial charge is 0.259 e. The summed E-state index contributed by atoms with van der Waals surface area (Å²) in [5.41, 5.74) is 11.9. The van der Waals surface area contributed by atoms with E-state index in [1.807, 2.05) is 6.07 Å². The molecule has 150 valence electrons. The molecule has 0 aliphatic rings. The van der Waals surface area contributed by atoms with E-state index in [2.05, 4.69) is 48.5 Å². The molecule has 3 aromatic rings. The molecule has 0 aliphatic heterocycles. The summed E-state index contributed by atoms with van der Waals surface area (Å²) in [6.45, 7) is 6.96. The molecule has 29 heavy (non-hydrogen) atoms. The second-order valence-electron chi connectivity index (χ2n) is 7.01. The van der Waals surface area contributed by atoms with E-state index in [1.165, 1.54) is 29.4 Å². The minimum Gasteiger partial charge on any atom is -0.496 e. The van der Waals surface area contributed by atoms with Gasteiger partial charge in [-0.2, -0.15) is 0 Å². The highest BCUT2D eigenvalue weighted by Crippen LogP contribution is 2.24. The van der Waals surface area contributed by atoms with E-state index in [4.69, 9.17) is 10.5 Å². The third-order valence-electron chi connectivity index (χ3n) is 4.81. The predicted octanol–water partition coefficient (Wildman–Crippen LogP) is 4.46. The molecular formula is C23H26N4O2. The number of ether oxygens (including phenoxy) is 1. The lowest BCUT2D eigenvalue weighted by molar-refractivity contribution is 0.102. The van der Waals surface area contributed by atoms with Gasteiger partial charge in [0.15, 0.2) is 0 Å². The maximum atomic E-state index is 12.6. The molecule has 0 unspecified atom stereocenters. The minimum absolute atomic E-state index is 0.246. The second-order valence-corrected chi connectivity index (χ2v) is 7.01. The normalized spacial score (nSPS) is 10.5. The molecule has 0 radical (unpaired) electrons. The van der Waals surface area contributed by atoms with Gasteiger partial charge in [-0.25, -0.2) is 4.98 Å². The van der Waals surface area contributed by atoms with Crippen molar-refractivity contribution in [2.24, 2.45) is 0 Å². The van der Waals surface area contributed by atoms with Gasteiger partial charge in [0.05, 0.1) is 18.4 Å². The van der Waals surface area contributed by atoms with Crippen molar-refractivity contribution < 1.29 is 9.53 Å². The van der Waals surface area contributed by atoms with Gasteiger partial charge in [0.2, 0.25) is 0 Å². The molecule has 0 saturated heterocycles. The summed E-state index contributed by atoms with van der Waals surface area (Å²) in [5, 5.41) is 6.10. The zero-order valence-corrected chi connectivity index (χ0v) is 17.2. The van der Waals surface area contributed by atoms with Crippen molar-refractivity contribution in [2.75, 3.05) is 23.5 Å². The van der Waals surface area contributed by atoms with Gasteiger partial charge in [0.25, 0.3) is 5.91 Å². The second kappa shape index (κ2) is 8.65. The Kier molecular flexibility index (Phi) is 6.02. The first-order valence-electron chi connectivity index (χ1n) is 9.40. The van der Waals surface area contributed by atoms with Crippen molar-refractivity contribution in [1.82, 2.24) is 4.98 Å². The number of anilines is 3. The largest absolute Gasteiger partial charge is 0.496 e. The average molecular weight is 390 g/mol. The lowest BCUT2D eigenvalue weighted by Gasteiger charge is -2.14. The number of carbonyl (C=O) groups excluding carboxylic acids is 1. The Morgan fingerprint density at radius 2 is 1.76 bits per heavy atom. The van der Waals surface area contributed by atoms with Crippen molar-refractivity contribution in [1.29, 1.82) is 0 Å². The van der Waals surface area contributed by atoms with Crippen LogP contribution in [0.4, 0.5) is 17.3 Å². The van der Waals surface area contributed by atoms with Gasteiger partial charge in [-0.3, -0.25) is 4.79 Å². The number of nitrogen functional groups attached to an aromatic ring is 1. The summed E-state index contributed by atoms with van der Waals surface area (Å²) in [7, 11) is 1.53.